The Morgan fingerprint density at radius 3 is 2.11 bits per heavy atom. The molecule has 3 rings (SSSR count). The molecule has 1 aromatic heterocycles. The minimum absolute atomic E-state index is 0.0970. The van der Waals surface area contributed by atoms with Crippen LogP contribution >= 0.6 is 0 Å². The maximum atomic E-state index is 11.4. The molecule has 306 valence electrons. The highest BCUT2D eigenvalue weighted by molar-refractivity contribution is 5.80. The summed E-state index contributed by atoms with van der Waals surface area (Å²) < 4.78 is 17.3. The first kappa shape index (κ1) is 46.4. The van der Waals surface area contributed by atoms with E-state index in [1.165, 1.54) is 0 Å². The Morgan fingerprint density at radius 1 is 0.963 bits per heavy atom. The number of aryl methyl sites for hydroxylation is 1. The molecular formula is C38H62N4O12. The number of carboxylic acid groups (broad SMARTS) is 2. The van der Waals surface area contributed by atoms with Crippen LogP contribution in [0.4, 0.5) is 0 Å². The van der Waals surface area contributed by atoms with Crippen molar-refractivity contribution < 1.29 is 59.2 Å². The Bertz CT molecular complexity index is 1430. The maximum absolute atomic E-state index is 11.4. The highest BCUT2D eigenvalue weighted by Gasteiger charge is 2.45. The van der Waals surface area contributed by atoms with Crippen LogP contribution < -0.4 is 20.5 Å². The van der Waals surface area contributed by atoms with Crippen molar-refractivity contribution >= 4 is 17.8 Å². The van der Waals surface area contributed by atoms with E-state index in [1.807, 2.05) is 39.0 Å². The van der Waals surface area contributed by atoms with Crippen LogP contribution in [0.2, 0.25) is 0 Å². The number of rotatable bonds is 23. The summed E-state index contributed by atoms with van der Waals surface area (Å²) in [6.07, 6.45) is 0.102. The third-order valence-electron chi connectivity index (χ3n) is 9.23. The standard InChI is InChI=1S/C28H44N4O8.C10H18O4/c1-15(2)21-19(25(32-31-21)40-26-24(36)23(35)22(34)20(13-33)39-26)12-17-7-8-18(11-16(17)3)38-10-6-9-30-14-28(4,5)27(29)37;11-9(12)7-5-3-1-2-4-6-8-10(13)14/h7-8,11,15,20,22-24,26,30,33-36H,6,9-10,12-14H2,1-5H3,(H2,29,37)(H,31,32);1-8H2,(H,11,12)(H,13,14)/t20-,22-,23+,24-,26+;/m1./s1. The molecule has 10 N–H and O–H groups in total. The zero-order valence-electron chi connectivity index (χ0n) is 32.3. The molecule has 5 atom stereocenters. The second-order valence-electron chi connectivity index (χ2n) is 14.7. The lowest BCUT2D eigenvalue weighted by Gasteiger charge is -2.39. The molecule has 0 radical (unpaired) electrons. The smallest absolute Gasteiger partial charge is 0.303 e. The van der Waals surface area contributed by atoms with E-state index in [0.29, 0.717) is 26.1 Å². The average molecular weight is 767 g/mol. The molecule has 1 aliphatic rings. The molecule has 0 aliphatic carbocycles. The van der Waals surface area contributed by atoms with Crippen molar-refractivity contribution in [2.75, 3.05) is 26.3 Å². The van der Waals surface area contributed by atoms with Crippen LogP contribution in [0.3, 0.4) is 0 Å². The predicted octanol–water partition coefficient (Wildman–Crippen LogP) is 2.76. The zero-order valence-corrected chi connectivity index (χ0v) is 32.3. The minimum Gasteiger partial charge on any atom is -0.494 e. The highest BCUT2D eigenvalue weighted by atomic mass is 16.7. The molecule has 1 amide bonds. The number of aliphatic hydroxyl groups excluding tert-OH is 4. The van der Waals surface area contributed by atoms with Crippen LogP contribution in [-0.2, 0) is 25.5 Å². The number of nitrogens with two attached hydrogens (primary N) is 1. The third-order valence-corrected chi connectivity index (χ3v) is 9.23. The van der Waals surface area contributed by atoms with Crippen LogP contribution in [0.15, 0.2) is 18.2 Å². The molecule has 0 spiro atoms. The molecule has 1 aromatic carbocycles. The van der Waals surface area contributed by atoms with E-state index in [4.69, 9.17) is 30.2 Å². The molecule has 1 fully saturated rings. The van der Waals surface area contributed by atoms with Crippen molar-refractivity contribution in [2.45, 2.75) is 135 Å². The second-order valence-corrected chi connectivity index (χ2v) is 14.7. The van der Waals surface area contributed by atoms with Crippen molar-refractivity contribution in [2.24, 2.45) is 11.1 Å². The van der Waals surface area contributed by atoms with Crippen molar-refractivity contribution in [1.82, 2.24) is 15.5 Å². The van der Waals surface area contributed by atoms with Gasteiger partial charge in [0.05, 0.1) is 18.6 Å². The Balaban J connectivity index is 0.000000610. The first-order chi connectivity index (χ1) is 25.5. The number of nitrogens with zero attached hydrogens (tertiary/aromatic N) is 1. The number of amides is 1. The number of unbranched alkanes of at least 4 members (excludes halogenated alkanes) is 5. The van der Waals surface area contributed by atoms with E-state index < -0.39 is 54.7 Å². The number of aliphatic hydroxyl groups is 4. The normalized spacial score (nSPS) is 19.9. The highest BCUT2D eigenvalue weighted by Crippen LogP contribution is 2.32. The van der Waals surface area contributed by atoms with Crippen molar-refractivity contribution in [3.63, 3.8) is 0 Å². The van der Waals surface area contributed by atoms with Gasteiger partial charge in [-0.3, -0.25) is 19.5 Å². The van der Waals surface area contributed by atoms with Crippen molar-refractivity contribution in [3.8, 4) is 11.6 Å². The largest absolute Gasteiger partial charge is 0.494 e. The van der Waals surface area contributed by atoms with Gasteiger partial charge in [0.15, 0.2) is 0 Å². The van der Waals surface area contributed by atoms with Crippen LogP contribution in [0.5, 0.6) is 11.6 Å². The fourth-order valence-electron chi connectivity index (χ4n) is 5.66. The SMILES string of the molecule is Cc1cc(OCCCNCC(C)(C)C(N)=O)ccc1Cc1c(O[C@@H]2O[C@H](CO)[C@@H](O)[C@H](O)[C@H]2O)n[nH]c1C(C)C.O=C(O)CCCCCCCCC(=O)O. The van der Waals surface area contributed by atoms with Gasteiger partial charge in [-0.25, -0.2) is 0 Å². The molecule has 0 saturated carbocycles. The molecule has 0 unspecified atom stereocenters. The van der Waals surface area contributed by atoms with Crippen LogP contribution in [0.25, 0.3) is 0 Å². The Morgan fingerprint density at radius 2 is 1.57 bits per heavy atom. The quantitative estimate of drug-likeness (QED) is 0.0737. The molecule has 2 heterocycles. The van der Waals surface area contributed by atoms with Crippen LogP contribution in [-0.4, -0.2) is 116 Å². The number of nitrogens with one attached hydrogen (secondary N) is 2. The van der Waals surface area contributed by atoms with Gasteiger partial charge in [0.25, 0.3) is 0 Å². The number of aromatic nitrogens is 2. The maximum Gasteiger partial charge on any atom is 0.303 e. The summed E-state index contributed by atoms with van der Waals surface area (Å²) >= 11 is 0. The summed E-state index contributed by atoms with van der Waals surface area (Å²) in [5.41, 5.74) is 8.45. The zero-order chi connectivity index (χ0) is 40.4. The summed E-state index contributed by atoms with van der Waals surface area (Å²) in [6, 6.07) is 5.85. The predicted molar refractivity (Wildman–Crippen MR) is 199 cm³/mol. The van der Waals surface area contributed by atoms with E-state index in [2.05, 4.69) is 15.5 Å². The van der Waals surface area contributed by atoms with Gasteiger partial charge in [0.2, 0.25) is 18.1 Å². The van der Waals surface area contributed by atoms with Gasteiger partial charge in [-0.15, -0.1) is 5.10 Å². The summed E-state index contributed by atoms with van der Waals surface area (Å²) in [7, 11) is 0. The Hall–Kier alpha value is -3.80. The minimum atomic E-state index is -1.55. The van der Waals surface area contributed by atoms with Gasteiger partial charge < -0.3 is 55.9 Å². The molecule has 1 aliphatic heterocycles. The lowest BCUT2D eigenvalue weighted by atomic mass is 9.93. The molecule has 1 saturated heterocycles. The first-order valence-corrected chi connectivity index (χ1v) is 18.7. The number of ether oxygens (including phenoxy) is 3. The molecule has 16 heteroatoms. The fourth-order valence-corrected chi connectivity index (χ4v) is 5.66. The number of benzene rings is 1. The summed E-state index contributed by atoms with van der Waals surface area (Å²) in [5.74, 6) is -0.769. The van der Waals surface area contributed by atoms with E-state index >= 15 is 0 Å². The van der Waals surface area contributed by atoms with Gasteiger partial charge in [-0.1, -0.05) is 45.6 Å². The number of H-pyrrole nitrogens is 1. The number of aliphatic carboxylic acids is 2. The Labute approximate surface area is 317 Å². The summed E-state index contributed by atoms with van der Waals surface area (Å²) in [4.78, 5) is 31.7. The number of aromatic amines is 1. The van der Waals surface area contributed by atoms with E-state index in [1.54, 1.807) is 13.8 Å². The van der Waals surface area contributed by atoms with Crippen LogP contribution in [0.1, 0.15) is 114 Å². The molecule has 2 aromatic rings. The molecule has 16 nitrogen and oxygen atoms in total. The van der Waals surface area contributed by atoms with Gasteiger partial charge in [-0.2, -0.15) is 0 Å². The van der Waals surface area contributed by atoms with Gasteiger partial charge in [0, 0.05) is 37.1 Å². The number of hydrogen-bond acceptors (Lipinski definition) is 12. The molecular weight excluding hydrogens is 704 g/mol. The number of carbonyl (C=O) groups is 3. The lowest BCUT2D eigenvalue weighted by molar-refractivity contribution is -0.278. The van der Waals surface area contributed by atoms with Crippen molar-refractivity contribution in [3.05, 3.63) is 40.6 Å². The lowest BCUT2D eigenvalue weighted by Crippen LogP contribution is -2.60. The van der Waals surface area contributed by atoms with Gasteiger partial charge in [-0.05, 0) is 75.8 Å². The van der Waals surface area contributed by atoms with Crippen LogP contribution in [0, 0.1) is 12.3 Å². The average Bonchev–Trinajstić information content (AvgIpc) is 3.50. The fraction of sp³-hybridized carbons (Fsp3) is 0.684. The van der Waals surface area contributed by atoms with E-state index in [9.17, 15) is 34.8 Å². The first-order valence-electron chi connectivity index (χ1n) is 18.7. The van der Waals surface area contributed by atoms with Gasteiger partial charge >= 0.3 is 11.9 Å². The van der Waals surface area contributed by atoms with E-state index in [0.717, 1.165) is 73.1 Å². The van der Waals surface area contributed by atoms with E-state index in [-0.39, 0.29) is 30.5 Å². The summed E-state index contributed by atoms with van der Waals surface area (Å²) in [5, 5.41) is 67.3. The Kier molecular flexibility index (Phi) is 19.9. The molecule has 54 heavy (non-hydrogen) atoms. The topological polar surface area (TPSA) is 267 Å². The van der Waals surface area contributed by atoms with Crippen molar-refractivity contribution in [1.29, 1.82) is 0 Å². The monoisotopic (exact) mass is 766 g/mol. The third kappa shape index (κ3) is 15.5. The molecule has 0 bridgehead atoms. The second kappa shape index (κ2) is 23.2. The number of hydrogen-bond donors (Lipinski definition) is 9. The number of carbonyl (C=O) groups excluding carboxylic acids is 1. The summed E-state index contributed by atoms with van der Waals surface area (Å²) in [6.45, 7) is 10.8. The number of primary amides is 1. The number of carboxylic acids is 2. The van der Waals surface area contributed by atoms with Gasteiger partial charge in [0.1, 0.15) is 30.2 Å².